The van der Waals surface area contributed by atoms with Crippen molar-refractivity contribution < 1.29 is 4.79 Å². The van der Waals surface area contributed by atoms with Gasteiger partial charge >= 0.3 is 6.03 Å². The zero-order chi connectivity index (χ0) is 17.1. The van der Waals surface area contributed by atoms with Crippen molar-refractivity contribution in [1.29, 1.82) is 0 Å². The highest BCUT2D eigenvalue weighted by Gasteiger charge is 2.08. The first-order chi connectivity index (χ1) is 11.5. The molecule has 122 valence electrons. The lowest BCUT2D eigenvalue weighted by atomic mass is 10.1. The Balaban J connectivity index is 1.66. The van der Waals surface area contributed by atoms with Crippen LogP contribution >= 0.6 is 33.9 Å². The van der Waals surface area contributed by atoms with Gasteiger partial charge in [-0.25, -0.2) is 9.78 Å². The summed E-state index contributed by atoms with van der Waals surface area (Å²) in [5.74, 6) is 0. The van der Waals surface area contributed by atoms with E-state index in [1.54, 1.807) is 0 Å². The second-order valence-electron chi connectivity index (χ2n) is 5.42. The predicted molar refractivity (Wildman–Crippen MR) is 109 cm³/mol. The Morgan fingerprint density at radius 1 is 1.04 bits per heavy atom. The number of hydrogen-bond donors (Lipinski definition) is 2. The summed E-state index contributed by atoms with van der Waals surface area (Å²) in [6.07, 6.45) is 0. The van der Waals surface area contributed by atoms with Crippen LogP contribution in [0, 0.1) is 17.4 Å². The molecule has 0 atom stereocenters. The lowest BCUT2D eigenvalue weighted by molar-refractivity contribution is 0.262. The minimum absolute atomic E-state index is 0.290. The standard InChI is InChI=1S/C18H16IN3OS/c1-11-3-8-15(9-12(11)2)20-17(23)22-18-21-16(10-24-18)13-4-6-14(19)7-5-13/h3-10H,1-2H3,(H2,20,21,22,23). The zero-order valence-electron chi connectivity index (χ0n) is 13.3. The normalized spacial score (nSPS) is 10.5. The number of carbonyl (C=O) groups is 1. The van der Waals surface area contributed by atoms with Gasteiger partial charge in [0.15, 0.2) is 5.13 Å². The van der Waals surface area contributed by atoms with Crippen LogP contribution in [0.3, 0.4) is 0 Å². The number of urea groups is 1. The van der Waals surface area contributed by atoms with Gasteiger partial charge in [-0.15, -0.1) is 11.3 Å². The van der Waals surface area contributed by atoms with E-state index in [4.69, 9.17) is 0 Å². The number of aromatic nitrogens is 1. The van der Waals surface area contributed by atoms with Gasteiger partial charge in [0.25, 0.3) is 0 Å². The Bertz CT molecular complexity index is 874. The minimum Gasteiger partial charge on any atom is -0.308 e. The molecule has 2 aromatic carbocycles. The molecule has 0 spiro atoms. The van der Waals surface area contributed by atoms with E-state index in [1.165, 1.54) is 20.5 Å². The highest BCUT2D eigenvalue weighted by Crippen LogP contribution is 2.25. The maximum atomic E-state index is 12.1. The number of nitrogens with zero attached hydrogens (tertiary/aromatic N) is 1. The Kier molecular flexibility index (Phi) is 5.15. The molecule has 1 aromatic heterocycles. The molecule has 0 aliphatic rings. The molecular weight excluding hydrogens is 433 g/mol. The quantitative estimate of drug-likeness (QED) is 0.506. The summed E-state index contributed by atoms with van der Waals surface area (Å²) in [4.78, 5) is 16.6. The van der Waals surface area contributed by atoms with Crippen LogP contribution < -0.4 is 10.6 Å². The van der Waals surface area contributed by atoms with Crippen LogP contribution in [0.15, 0.2) is 47.8 Å². The average Bonchev–Trinajstić information content (AvgIpc) is 3.00. The number of carbonyl (C=O) groups excluding carboxylic acids is 1. The fourth-order valence-electron chi connectivity index (χ4n) is 2.16. The van der Waals surface area contributed by atoms with Crippen LogP contribution in [-0.2, 0) is 0 Å². The number of thiazole rings is 1. The molecule has 0 saturated carbocycles. The van der Waals surface area contributed by atoms with Crippen molar-refractivity contribution in [1.82, 2.24) is 4.98 Å². The van der Waals surface area contributed by atoms with E-state index in [0.717, 1.165) is 22.5 Å². The van der Waals surface area contributed by atoms with Crippen LogP contribution in [0.25, 0.3) is 11.3 Å². The lowest BCUT2D eigenvalue weighted by Gasteiger charge is -2.07. The number of nitrogens with one attached hydrogen (secondary N) is 2. The van der Waals surface area contributed by atoms with E-state index < -0.39 is 0 Å². The Labute approximate surface area is 158 Å². The van der Waals surface area contributed by atoms with Gasteiger partial charge < -0.3 is 5.32 Å². The third-order valence-electron chi connectivity index (χ3n) is 3.63. The predicted octanol–water partition coefficient (Wildman–Crippen LogP) is 5.68. The zero-order valence-corrected chi connectivity index (χ0v) is 16.2. The van der Waals surface area contributed by atoms with Gasteiger partial charge in [0, 0.05) is 20.2 Å². The number of benzene rings is 2. The minimum atomic E-state index is -0.290. The van der Waals surface area contributed by atoms with E-state index in [0.29, 0.717) is 5.13 Å². The number of amides is 2. The van der Waals surface area contributed by atoms with Gasteiger partial charge in [-0.2, -0.15) is 0 Å². The third-order valence-corrected chi connectivity index (χ3v) is 5.11. The first-order valence-corrected chi connectivity index (χ1v) is 9.34. The summed E-state index contributed by atoms with van der Waals surface area (Å²) in [6.45, 7) is 4.06. The number of hydrogen-bond acceptors (Lipinski definition) is 3. The van der Waals surface area contributed by atoms with Crippen molar-refractivity contribution in [2.75, 3.05) is 10.6 Å². The van der Waals surface area contributed by atoms with Gasteiger partial charge in [0.1, 0.15) is 0 Å². The van der Waals surface area contributed by atoms with E-state index >= 15 is 0 Å². The van der Waals surface area contributed by atoms with E-state index in [1.807, 2.05) is 61.7 Å². The highest BCUT2D eigenvalue weighted by molar-refractivity contribution is 14.1. The number of rotatable bonds is 3. The van der Waals surface area contributed by atoms with Crippen molar-refractivity contribution in [3.63, 3.8) is 0 Å². The van der Waals surface area contributed by atoms with Crippen molar-refractivity contribution in [2.45, 2.75) is 13.8 Å². The maximum Gasteiger partial charge on any atom is 0.325 e. The number of anilines is 2. The second kappa shape index (κ2) is 7.31. The molecule has 2 amide bonds. The monoisotopic (exact) mass is 449 g/mol. The van der Waals surface area contributed by atoms with Crippen molar-refractivity contribution in [3.8, 4) is 11.3 Å². The van der Waals surface area contributed by atoms with Crippen LogP contribution in [0.1, 0.15) is 11.1 Å². The number of aryl methyl sites for hydroxylation is 2. The van der Waals surface area contributed by atoms with E-state index in [-0.39, 0.29) is 6.03 Å². The molecular formula is C18H16IN3OS. The summed E-state index contributed by atoms with van der Waals surface area (Å²) in [6, 6.07) is 13.7. The van der Waals surface area contributed by atoms with Gasteiger partial charge in [-0.1, -0.05) is 18.2 Å². The van der Waals surface area contributed by atoms with Crippen LogP contribution in [-0.4, -0.2) is 11.0 Å². The molecule has 0 fully saturated rings. The third kappa shape index (κ3) is 4.12. The summed E-state index contributed by atoms with van der Waals surface area (Å²) < 4.78 is 1.18. The molecule has 24 heavy (non-hydrogen) atoms. The molecule has 4 nitrogen and oxygen atoms in total. The number of halogens is 1. The fraction of sp³-hybridized carbons (Fsp3) is 0.111. The molecule has 3 aromatic rings. The smallest absolute Gasteiger partial charge is 0.308 e. The Morgan fingerprint density at radius 2 is 1.79 bits per heavy atom. The Morgan fingerprint density at radius 3 is 2.50 bits per heavy atom. The molecule has 0 bridgehead atoms. The van der Waals surface area contributed by atoms with Gasteiger partial charge in [-0.3, -0.25) is 5.32 Å². The molecule has 0 aliphatic carbocycles. The molecule has 0 unspecified atom stereocenters. The molecule has 0 saturated heterocycles. The molecule has 0 aliphatic heterocycles. The van der Waals surface area contributed by atoms with Gasteiger partial charge in [0.05, 0.1) is 5.69 Å². The van der Waals surface area contributed by atoms with Crippen molar-refractivity contribution >= 4 is 50.8 Å². The van der Waals surface area contributed by atoms with Gasteiger partial charge in [-0.05, 0) is 71.8 Å². The highest BCUT2D eigenvalue weighted by atomic mass is 127. The first-order valence-electron chi connectivity index (χ1n) is 7.38. The van der Waals surface area contributed by atoms with Crippen LogP contribution in [0.4, 0.5) is 15.6 Å². The molecule has 3 rings (SSSR count). The van der Waals surface area contributed by atoms with E-state index in [9.17, 15) is 4.79 Å². The SMILES string of the molecule is Cc1ccc(NC(=O)Nc2nc(-c3ccc(I)cc3)cs2)cc1C. The fourth-order valence-corrected chi connectivity index (χ4v) is 3.24. The summed E-state index contributed by atoms with van der Waals surface area (Å²) >= 11 is 3.68. The summed E-state index contributed by atoms with van der Waals surface area (Å²) in [5.41, 5.74) is 5.00. The average molecular weight is 449 g/mol. The van der Waals surface area contributed by atoms with Crippen LogP contribution in [0.2, 0.25) is 0 Å². The van der Waals surface area contributed by atoms with Crippen molar-refractivity contribution in [2.24, 2.45) is 0 Å². The van der Waals surface area contributed by atoms with Crippen LogP contribution in [0.5, 0.6) is 0 Å². The lowest BCUT2D eigenvalue weighted by Crippen LogP contribution is -2.19. The molecule has 6 heteroatoms. The molecule has 2 N–H and O–H groups in total. The second-order valence-corrected chi connectivity index (χ2v) is 7.53. The van der Waals surface area contributed by atoms with Crippen molar-refractivity contribution in [3.05, 3.63) is 62.5 Å². The summed E-state index contributed by atoms with van der Waals surface area (Å²) in [5, 5.41) is 8.12. The first kappa shape index (κ1) is 16.9. The van der Waals surface area contributed by atoms with E-state index in [2.05, 4.69) is 38.2 Å². The maximum absolute atomic E-state index is 12.1. The largest absolute Gasteiger partial charge is 0.325 e. The molecule has 1 heterocycles. The topological polar surface area (TPSA) is 54.0 Å². The summed E-state index contributed by atoms with van der Waals surface area (Å²) in [7, 11) is 0. The Hall–Kier alpha value is -1.93. The molecule has 0 radical (unpaired) electrons. The van der Waals surface area contributed by atoms with Gasteiger partial charge in [0.2, 0.25) is 0 Å².